The molecule has 64 valence electrons. The van der Waals surface area contributed by atoms with Crippen molar-refractivity contribution in [3.05, 3.63) is 48.2 Å². The van der Waals surface area contributed by atoms with Crippen LogP contribution in [0.25, 0.3) is 0 Å². The molecular formula is C10H13NO. The van der Waals surface area contributed by atoms with E-state index in [2.05, 4.69) is 11.9 Å². The van der Waals surface area contributed by atoms with Gasteiger partial charge in [-0.3, -0.25) is 0 Å². The first kappa shape index (κ1) is 8.81. The van der Waals surface area contributed by atoms with Crippen LogP contribution in [0.15, 0.2) is 42.6 Å². The molecular weight excluding hydrogens is 150 g/mol. The SMILES string of the molecule is C=C(CO)NCc1ccccc1. The molecule has 1 rings (SSSR count). The summed E-state index contributed by atoms with van der Waals surface area (Å²) >= 11 is 0. The van der Waals surface area contributed by atoms with Gasteiger partial charge < -0.3 is 10.4 Å². The van der Waals surface area contributed by atoms with Crippen molar-refractivity contribution in [2.45, 2.75) is 6.54 Å². The van der Waals surface area contributed by atoms with Crippen LogP contribution in [-0.4, -0.2) is 11.7 Å². The number of rotatable bonds is 4. The Morgan fingerprint density at radius 1 is 1.33 bits per heavy atom. The molecule has 1 aromatic carbocycles. The number of benzene rings is 1. The van der Waals surface area contributed by atoms with E-state index in [1.165, 1.54) is 5.56 Å². The second-order valence-electron chi connectivity index (χ2n) is 2.60. The maximum atomic E-state index is 8.65. The largest absolute Gasteiger partial charge is 0.390 e. The molecule has 0 fully saturated rings. The van der Waals surface area contributed by atoms with Crippen molar-refractivity contribution < 1.29 is 5.11 Å². The van der Waals surface area contributed by atoms with Gasteiger partial charge in [-0.05, 0) is 5.56 Å². The van der Waals surface area contributed by atoms with Gasteiger partial charge in [-0.25, -0.2) is 0 Å². The van der Waals surface area contributed by atoms with Crippen LogP contribution in [0.2, 0.25) is 0 Å². The predicted octanol–water partition coefficient (Wildman–Crippen LogP) is 1.28. The average molecular weight is 163 g/mol. The lowest BCUT2D eigenvalue weighted by Gasteiger charge is -2.05. The van der Waals surface area contributed by atoms with Crippen molar-refractivity contribution in [2.75, 3.05) is 6.61 Å². The van der Waals surface area contributed by atoms with Crippen molar-refractivity contribution in [1.29, 1.82) is 0 Å². The molecule has 12 heavy (non-hydrogen) atoms. The lowest BCUT2D eigenvalue weighted by molar-refractivity contribution is 0.322. The number of hydrogen-bond donors (Lipinski definition) is 2. The van der Waals surface area contributed by atoms with Gasteiger partial charge >= 0.3 is 0 Å². The highest BCUT2D eigenvalue weighted by Crippen LogP contribution is 1.97. The lowest BCUT2D eigenvalue weighted by atomic mass is 10.2. The third-order valence-electron chi connectivity index (χ3n) is 1.58. The zero-order valence-electron chi connectivity index (χ0n) is 6.96. The minimum absolute atomic E-state index is 0.00711. The van der Waals surface area contributed by atoms with Gasteiger partial charge in [0.25, 0.3) is 0 Å². The Hall–Kier alpha value is -1.28. The van der Waals surface area contributed by atoms with Crippen LogP contribution in [0.5, 0.6) is 0 Å². The van der Waals surface area contributed by atoms with Crippen molar-refractivity contribution in [3.63, 3.8) is 0 Å². The van der Waals surface area contributed by atoms with E-state index < -0.39 is 0 Å². The third kappa shape index (κ3) is 2.76. The second-order valence-corrected chi connectivity index (χ2v) is 2.60. The summed E-state index contributed by atoms with van der Waals surface area (Å²) in [5.41, 5.74) is 1.84. The van der Waals surface area contributed by atoms with E-state index in [4.69, 9.17) is 5.11 Å². The fourth-order valence-corrected chi connectivity index (χ4v) is 0.879. The first-order valence-corrected chi connectivity index (χ1v) is 3.89. The zero-order valence-corrected chi connectivity index (χ0v) is 6.96. The highest BCUT2D eigenvalue weighted by molar-refractivity contribution is 5.15. The quantitative estimate of drug-likeness (QED) is 0.700. The van der Waals surface area contributed by atoms with Crippen LogP contribution >= 0.6 is 0 Å². The zero-order chi connectivity index (χ0) is 8.81. The third-order valence-corrected chi connectivity index (χ3v) is 1.58. The molecule has 2 N–H and O–H groups in total. The van der Waals surface area contributed by atoms with Gasteiger partial charge in [-0.15, -0.1) is 0 Å². The number of aliphatic hydroxyl groups is 1. The second kappa shape index (κ2) is 4.57. The van der Waals surface area contributed by atoms with Crippen LogP contribution < -0.4 is 5.32 Å². The Morgan fingerprint density at radius 3 is 2.58 bits per heavy atom. The molecule has 2 heteroatoms. The topological polar surface area (TPSA) is 32.3 Å². The first-order valence-electron chi connectivity index (χ1n) is 3.89. The maximum absolute atomic E-state index is 8.65. The average Bonchev–Trinajstić information content (AvgIpc) is 2.16. The van der Waals surface area contributed by atoms with Crippen LogP contribution in [-0.2, 0) is 6.54 Å². The van der Waals surface area contributed by atoms with E-state index >= 15 is 0 Å². The smallest absolute Gasteiger partial charge is 0.0821 e. The predicted molar refractivity (Wildman–Crippen MR) is 49.5 cm³/mol. The van der Waals surface area contributed by atoms with Crippen LogP contribution in [0, 0.1) is 0 Å². The van der Waals surface area contributed by atoms with Crippen molar-refractivity contribution in [1.82, 2.24) is 5.32 Å². The normalized spacial score (nSPS) is 9.42. The summed E-state index contributed by atoms with van der Waals surface area (Å²) in [6, 6.07) is 10.00. The maximum Gasteiger partial charge on any atom is 0.0821 e. The summed E-state index contributed by atoms with van der Waals surface area (Å²) in [4.78, 5) is 0. The Bertz CT molecular complexity index is 243. The van der Waals surface area contributed by atoms with Gasteiger partial charge in [0.15, 0.2) is 0 Å². The molecule has 0 spiro atoms. The molecule has 0 heterocycles. The van der Waals surface area contributed by atoms with Crippen LogP contribution in [0.4, 0.5) is 0 Å². The van der Waals surface area contributed by atoms with E-state index in [1.807, 2.05) is 30.3 Å². The van der Waals surface area contributed by atoms with E-state index in [-0.39, 0.29) is 6.61 Å². The molecule has 2 nitrogen and oxygen atoms in total. The molecule has 0 aliphatic carbocycles. The van der Waals surface area contributed by atoms with Gasteiger partial charge in [0.2, 0.25) is 0 Å². The summed E-state index contributed by atoms with van der Waals surface area (Å²) in [5, 5.41) is 11.7. The van der Waals surface area contributed by atoms with E-state index in [9.17, 15) is 0 Å². The molecule has 0 amide bonds. The molecule has 0 saturated heterocycles. The first-order chi connectivity index (χ1) is 5.83. The van der Waals surface area contributed by atoms with Gasteiger partial charge in [0, 0.05) is 12.2 Å². The fourth-order valence-electron chi connectivity index (χ4n) is 0.879. The standard InChI is InChI=1S/C10H13NO/c1-9(8-12)11-7-10-5-3-2-4-6-10/h2-6,11-12H,1,7-8H2. The summed E-state index contributed by atoms with van der Waals surface area (Å²) < 4.78 is 0. The van der Waals surface area contributed by atoms with E-state index in [0.29, 0.717) is 5.70 Å². The Kier molecular flexibility index (Phi) is 3.35. The van der Waals surface area contributed by atoms with Crippen molar-refractivity contribution in [3.8, 4) is 0 Å². The number of aliphatic hydroxyl groups excluding tert-OH is 1. The van der Waals surface area contributed by atoms with E-state index in [0.717, 1.165) is 6.54 Å². The molecule has 0 bridgehead atoms. The highest BCUT2D eigenvalue weighted by atomic mass is 16.3. The Labute approximate surface area is 72.5 Å². The molecule has 0 aromatic heterocycles. The Balaban J connectivity index is 2.38. The van der Waals surface area contributed by atoms with Gasteiger partial charge in [0.05, 0.1) is 6.61 Å². The van der Waals surface area contributed by atoms with Crippen molar-refractivity contribution in [2.24, 2.45) is 0 Å². The van der Waals surface area contributed by atoms with Crippen LogP contribution in [0.3, 0.4) is 0 Å². The summed E-state index contributed by atoms with van der Waals surface area (Å²) in [6.45, 7) is 4.34. The molecule has 0 unspecified atom stereocenters. The van der Waals surface area contributed by atoms with E-state index in [1.54, 1.807) is 0 Å². The molecule has 0 radical (unpaired) electrons. The fraction of sp³-hybridized carbons (Fsp3) is 0.200. The highest BCUT2D eigenvalue weighted by Gasteiger charge is 1.91. The van der Waals surface area contributed by atoms with Crippen LogP contribution in [0.1, 0.15) is 5.56 Å². The molecule has 0 saturated carbocycles. The monoisotopic (exact) mass is 163 g/mol. The number of nitrogens with one attached hydrogen (secondary N) is 1. The Morgan fingerprint density at radius 2 is 2.00 bits per heavy atom. The summed E-state index contributed by atoms with van der Waals surface area (Å²) in [5.74, 6) is 0. The summed E-state index contributed by atoms with van der Waals surface area (Å²) in [6.07, 6.45) is 0. The van der Waals surface area contributed by atoms with Gasteiger partial charge in [0.1, 0.15) is 0 Å². The molecule has 1 aromatic rings. The summed E-state index contributed by atoms with van der Waals surface area (Å²) in [7, 11) is 0. The minimum Gasteiger partial charge on any atom is -0.390 e. The molecule has 0 aliphatic rings. The van der Waals surface area contributed by atoms with Gasteiger partial charge in [-0.2, -0.15) is 0 Å². The molecule has 0 aliphatic heterocycles. The van der Waals surface area contributed by atoms with Crippen molar-refractivity contribution >= 4 is 0 Å². The molecule has 0 atom stereocenters. The van der Waals surface area contributed by atoms with Gasteiger partial charge in [-0.1, -0.05) is 36.9 Å². The lowest BCUT2D eigenvalue weighted by Crippen LogP contribution is -2.14. The number of hydrogen-bond acceptors (Lipinski definition) is 2. The minimum atomic E-state index is -0.00711.